The van der Waals surface area contributed by atoms with Gasteiger partial charge in [-0.2, -0.15) is 0 Å². The Kier molecular flexibility index (Phi) is 5.88. The van der Waals surface area contributed by atoms with E-state index >= 15 is 0 Å². The Morgan fingerprint density at radius 2 is 2.00 bits per heavy atom. The molecular formula is C11H14BN2NaO2. The summed E-state index contributed by atoms with van der Waals surface area (Å²) in [5.74, 6) is 0. The number of fused-ring (bicyclic) bond motifs is 1. The number of non-ortho nitro benzene ring substituents is 1. The van der Waals surface area contributed by atoms with E-state index in [1.807, 2.05) is 6.07 Å². The van der Waals surface area contributed by atoms with Gasteiger partial charge in [0.2, 0.25) is 0 Å². The third-order valence-corrected chi connectivity index (χ3v) is 2.79. The number of nitrogens with one attached hydrogen (secondary N) is 1. The molecule has 1 aromatic carbocycles. The molecule has 84 valence electrons. The van der Waals surface area contributed by atoms with Gasteiger partial charge in [0.25, 0.3) is 5.69 Å². The first kappa shape index (κ1) is 16.6. The number of hydrogen-bond donors (Lipinski definition) is 1. The zero-order chi connectivity index (χ0) is 11.1. The minimum absolute atomic E-state index is 0. The summed E-state index contributed by atoms with van der Waals surface area (Å²) in [6.45, 7) is 4.98. The number of nitro benzene ring substituents is 1. The summed E-state index contributed by atoms with van der Waals surface area (Å²) in [4.78, 5) is 10.3. The first-order valence-electron chi connectivity index (χ1n) is 4.99. The van der Waals surface area contributed by atoms with Crippen LogP contribution in [0.1, 0.15) is 25.0 Å². The van der Waals surface area contributed by atoms with Crippen LogP contribution in [-0.2, 0) is 13.0 Å². The maximum Gasteiger partial charge on any atom is 1.00 e. The van der Waals surface area contributed by atoms with E-state index in [2.05, 4.69) is 19.2 Å². The summed E-state index contributed by atoms with van der Waals surface area (Å²) in [5, 5.41) is 14.0. The van der Waals surface area contributed by atoms with Crippen molar-refractivity contribution >= 4 is 14.1 Å². The summed E-state index contributed by atoms with van der Waals surface area (Å²) < 4.78 is 0. The molecule has 1 N–H and O–H groups in total. The maximum atomic E-state index is 10.6. The largest absolute Gasteiger partial charge is 1.00 e. The minimum atomic E-state index is -0.347. The zero-order valence-electron chi connectivity index (χ0n) is 10.5. The second-order valence-electron chi connectivity index (χ2n) is 4.62. The molecule has 0 spiro atoms. The number of nitrogens with zero attached hydrogens (tertiary/aromatic N) is 1. The van der Waals surface area contributed by atoms with Gasteiger partial charge in [0, 0.05) is 24.2 Å². The van der Waals surface area contributed by atoms with Gasteiger partial charge in [0.1, 0.15) is 0 Å². The summed E-state index contributed by atoms with van der Waals surface area (Å²) in [7, 11) is 0. The summed E-state index contributed by atoms with van der Waals surface area (Å²) >= 11 is 0. The average molecular weight is 240 g/mol. The standard InChI is InChI=1S/C11H14N2O2.B.Na/c1-11(2)6-8-3-4-10(13(14)15)5-9(8)7-12-11;;/h3-5,12H,6-7H2,1-2H3;;/q;-1;+1. The van der Waals surface area contributed by atoms with Crippen LogP contribution in [0.4, 0.5) is 5.69 Å². The van der Waals surface area contributed by atoms with E-state index < -0.39 is 0 Å². The van der Waals surface area contributed by atoms with Crippen LogP contribution in [0, 0.1) is 10.1 Å². The maximum absolute atomic E-state index is 10.6. The first-order valence-corrected chi connectivity index (χ1v) is 4.99. The van der Waals surface area contributed by atoms with Crippen molar-refractivity contribution in [1.82, 2.24) is 5.32 Å². The van der Waals surface area contributed by atoms with Crippen molar-refractivity contribution in [2.45, 2.75) is 32.4 Å². The Balaban J connectivity index is 0.00000128. The summed E-state index contributed by atoms with van der Waals surface area (Å²) in [5.41, 5.74) is 2.52. The van der Waals surface area contributed by atoms with E-state index in [0.29, 0.717) is 6.54 Å². The van der Waals surface area contributed by atoms with Crippen molar-refractivity contribution in [3.8, 4) is 0 Å². The van der Waals surface area contributed by atoms with Crippen molar-refractivity contribution in [2.75, 3.05) is 0 Å². The molecule has 0 fully saturated rings. The molecule has 1 aliphatic rings. The Morgan fingerprint density at radius 3 is 2.59 bits per heavy atom. The Bertz CT molecular complexity index is 424. The molecule has 0 aromatic heterocycles. The van der Waals surface area contributed by atoms with Crippen LogP contribution in [0.15, 0.2) is 18.2 Å². The predicted molar refractivity (Wildman–Crippen MR) is 63.5 cm³/mol. The molecule has 17 heavy (non-hydrogen) atoms. The fraction of sp³-hybridized carbons (Fsp3) is 0.455. The summed E-state index contributed by atoms with van der Waals surface area (Å²) in [6, 6.07) is 5.12. The second-order valence-corrected chi connectivity index (χ2v) is 4.62. The van der Waals surface area contributed by atoms with Crippen LogP contribution in [0.5, 0.6) is 0 Å². The van der Waals surface area contributed by atoms with Crippen molar-refractivity contribution < 1.29 is 34.5 Å². The predicted octanol–water partition coefficient (Wildman–Crippen LogP) is -1.36. The van der Waals surface area contributed by atoms with E-state index in [1.165, 1.54) is 5.56 Å². The normalized spacial score (nSPS) is 16.1. The number of nitro groups is 1. The third kappa shape index (κ3) is 3.81. The quantitative estimate of drug-likeness (QED) is 0.375. The van der Waals surface area contributed by atoms with E-state index in [0.717, 1.165) is 12.0 Å². The van der Waals surface area contributed by atoms with Crippen LogP contribution >= 0.6 is 0 Å². The van der Waals surface area contributed by atoms with Crippen molar-refractivity contribution in [2.24, 2.45) is 0 Å². The van der Waals surface area contributed by atoms with Crippen molar-refractivity contribution in [3.63, 3.8) is 0 Å². The Hall–Kier alpha value is -0.355. The van der Waals surface area contributed by atoms with Crippen LogP contribution in [0.25, 0.3) is 0 Å². The third-order valence-electron chi connectivity index (χ3n) is 2.79. The Labute approximate surface area is 125 Å². The van der Waals surface area contributed by atoms with Gasteiger partial charge in [-0.15, -0.1) is 0 Å². The van der Waals surface area contributed by atoms with Gasteiger partial charge >= 0.3 is 29.6 Å². The molecule has 6 heteroatoms. The molecule has 1 aliphatic heterocycles. The Morgan fingerprint density at radius 1 is 1.35 bits per heavy atom. The van der Waals surface area contributed by atoms with Crippen LogP contribution < -0.4 is 34.9 Å². The molecule has 0 saturated heterocycles. The molecule has 2 rings (SSSR count). The zero-order valence-corrected chi connectivity index (χ0v) is 12.5. The van der Waals surface area contributed by atoms with E-state index in [-0.39, 0.29) is 54.1 Å². The van der Waals surface area contributed by atoms with E-state index in [1.54, 1.807) is 12.1 Å². The number of rotatable bonds is 1. The van der Waals surface area contributed by atoms with Crippen LogP contribution in [0.2, 0.25) is 0 Å². The van der Waals surface area contributed by atoms with Crippen LogP contribution in [0.3, 0.4) is 0 Å². The van der Waals surface area contributed by atoms with Crippen molar-refractivity contribution in [1.29, 1.82) is 0 Å². The molecule has 4 radical (unpaired) electrons. The molecule has 1 heterocycles. The fourth-order valence-electron chi connectivity index (χ4n) is 1.94. The van der Waals surface area contributed by atoms with E-state index in [9.17, 15) is 10.1 Å². The molecule has 1 aromatic rings. The van der Waals surface area contributed by atoms with Gasteiger partial charge in [-0.25, -0.2) is 0 Å². The molecule has 0 atom stereocenters. The fourth-order valence-corrected chi connectivity index (χ4v) is 1.94. The molecule has 0 aliphatic carbocycles. The smallest absolute Gasteiger partial charge is 1.00 e. The van der Waals surface area contributed by atoms with Gasteiger partial charge in [0.05, 0.1) is 4.92 Å². The molecule has 0 amide bonds. The monoisotopic (exact) mass is 240 g/mol. The van der Waals surface area contributed by atoms with Gasteiger partial charge in [-0.3, -0.25) is 10.1 Å². The van der Waals surface area contributed by atoms with Crippen molar-refractivity contribution in [3.05, 3.63) is 39.4 Å². The summed E-state index contributed by atoms with van der Waals surface area (Å²) in [6.07, 6.45) is 0.917. The molecule has 0 saturated carbocycles. The van der Waals surface area contributed by atoms with Gasteiger partial charge in [0.15, 0.2) is 0 Å². The van der Waals surface area contributed by atoms with Gasteiger partial charge < -0.3 is 13.7 Å². The first-order chi connectivity index (χ1) is 6.98. The molecule has 0 unspecified atom stereocenters. The molecular weight excluding hydrogens is 226 g/mol. The number of hydrogen-bond acceptors (Lipinski definition) is 3. The average Bonchev–Trinajstić information content (AvgIpc) is 2.15. The minimum Gasteiger partial charge on any atom is -1.00 e. The van der Waals surface area contributed by atoms with Gasteiger partial charge in [-0.1, -0.05) is 6.07 Å². The van der Waals surface area contributed by atoms with E-state index in [4.69, 9.17) is 0 Å². The second kappa shape index (κ2) is 6.00. The van der Waals surface area contributed by atoms with Crippen LogP contribution in [-0.4, -0.2) is 18.9 Å². The molecule has 0 bridgehead atoms. The topological polar surface area (TPSA) is 55.2 Å². The molecule has 4 nitrogen and oxygen atoms in total. The van der Waals surface area contributed by atoms with Gasteiger partial charge in [-0.05, 0) is 31.4 Å². The SMILES string of the molecule is CC1(C)Cc2ccc([N+](=O)[O-])cc2CN1.[B-].[Na+]. The number of benzene rings is 1.